The molecule has 0 atom stereocenters. The molecular formula is C22H22N2O5S. The van der Waals surface area contributed by atoms with E-state index in [2.05, 4.69) is 5.32 Å². The van der Waals surface area contributed by atoms with E-state index in [9.17, 15) is 14.4 Å². The Kier molecular flexibility index (Phi) is 6.47. The van der Waals surface area contributed by atoms with E-state index in [-0.39, 0.29) is 11.4 Å². The Bertz CT molecular complexity index is 1030. The van der Waals surface area contributed by atoms with E-state index in [0.29, 0.717) is 22.7 Å². The minimum Gasteiger partial charge on any atom is -0.497 e. The summed E-state index contributed by atoms with van der Waals surface area (Å²) in [6.45, 7) is 3.49. The van der Waals surface area contributed by atoms with Crippen LogP contribution in [0.5, 0.6) is 11.5 Å². The second-order valence-corrected chi connectivity index (χ2v) is 7.70. The number of nitrogens with zero attached hydrogens (tertiary/aromatic N) is 1. The molecule has 156 valence electrons. The van der Waals surface area contributed by atoms with Crippen molar-refractivity contribution < 1.29 is 23.9 Å². The van der Waals surface area contributed by atoms with Crippen LogP contribution in [-0.2, 0) is 9.59 Å². The van der Waals surface area contributed by atoms with Crippen LogP contribution in [0.15, 0.2) is 41.3 Å². The van der Waals surface area contributed by atoms with Gasteiger partial charge in [0.15, 0.2) is 0 Å². The van der Waals surface area contributed by atoms with E-state index in [1.165, 1.54) is 14.2 Å². The van der Waals surface area contributed by atoms with Crippen molar-refractivity contribution in [2.75, 3.05) is 26.1 Å². The Morgan fingerprint density at radius 1 is 1.10 bits per heavy atom. The van der Waals surface area contributed by atoms with Crippen LogP contribution in [0.1, 0.15) is 16.7 Å². The number of amides is 3. The minimum atomic E-state index is -0.511. The standard InChI is InChI=1S/C22H22N2O5S/c1-13-6-5-7-18(14(13)2)23-20(25)12-24-21(26)19(30-22(24)27)10-15-8-16(28-3)11-17(9-15)29-4/h5-11H,12H2,1-4H3,(H,23,25)/b19-10+. The molecule has 2 aromatic rings. The zero-order chi connectivity index (χ0) is 21.8. The molecule has 0 spiro atoms. The zero-order valence-electron chi connectivity index (χ0n) is 17.1. The average Bonchev–Trinajstić information content (AvgIpc) is 2.98. The minimum absolute atomic E-state index is 0.231. The number of aryl methyl sites for hydroxylation is 1. The molecule has 1 saturated heterocycles. The number of carbonyl (C=O) groups is 3. The van der Waals surface area contributed by atoms with Crippen molar-refractivity contribution in [1.82, 2.24) is 4.90 Å². The maximum absolute atomic E-state index is 12.7. The second-order valence-electron chi connectivity index (χ2n) is 6.71. The predicted octanol–water partition coefficient (Wildman–Crippen LogP) is 4.00. The summed E-state index contributed by atoms with van der Waals surface area (Å²) in [6, 6.07) is 10.7. The summed E-state index contributed by atoms with van der Waals surface area (Å²) in [5.74, 6) is 0.179. The third kappa shape index (κ3) is 4.65. The van der Waals surface area contributed by atoms with Crippen molar-refractivity contribution >= 4 is 40.6 Å². The molecule has 0 aromatic heterocycles. The lowest BCUT2D eigenvalue weighted by Crippen LogP contribution is -2.36. The highest BCUT2D eigenvalue weighted by Gasteiger charge is 2.36. The molecule has 3 amide bonds. The summed E-state index contributed by atoms with van der Waals surface area (Å²) in [5.41, 5.74) is 3.28. The van der Waals surface area contributed by atoms with E-state index in [1.54, 1.807) is 30.3 Å². The fraction of sp³-hybridized carbons (Fsp3) is 0.227. The normalized spacial score (nSPS) is 14.9. The summed E-state index contributed by atoms with van der Waals surface area (Å²) in [7, 11) is 3.06. The van der Waals surface area contributed by atoms with Crippen LogP contribution in [0, 0.1) is 13.8 Å². The van der Waals surface area contributed by atoms with Gasteiger partial charge in [-0.05, 0) is 66.6 Å². The van der Waals surface area contributed by atoms with Gasteiger partial charge in [0.2, 0.25) is 5.91 Å². The zero-order valence-corrected chi connectivity index (χ0v) is 18.0. The molecule has 7 nitrogen and oxygen atoms in total. The first kappa shape index (κ1) is 21.4. The van der Waals surface area contributed by atoms with Crippen molar-refractivity contribution in [3.05, 3.63) is 58.0 Å². The molecule has 1 heterocycles. The fourth-order valence-electron chi connectivity index (χ4n) is 2.92. The smallest absolute Gasteiger partial charge is 0.294 e. The van der Waals surface area contributed by atoms with Gasteiger partial charge in [-0.1, -0.05) is 12.1 Å². The highest BCUT2D eigenvalue weighted by Crippen LogP contribution is 2.33. The summed E-state index contributed by atoms with van der Waals surface area (Å²) in [4.78, 5) is 38.7. The maximum Gasteiger partial charge on any atom is 0.294 e. The highest BCUT2D eigenvalue weighted by atomic mass is 32.2. The van der Waals surface area contributed by atoms with Crippen LogP contribution < -0.4 is 14.8 Å². The molecule has 1 N–H and O–H groups in total. The van der Waals surface area contributed by atoms with Crippen molar-refractivity contribution in [3.8, 4) is 11.5 Å². The molecule has 1 aliphatic rings. The molecule has 0 bridgehead atoms. The van der Waals surface area contributed by atoms with E-state index < -0.39 is 17.1 Å². The van der Waals surface area contributed by atoms with E-state index in [1.807, 2.05) is 26.0 Å². The SMILES string of the molecule is COc1cc(/C=C2/SC(=O)N(CC(=O)Nc3cccc(C)c3C)C2=O)cc(OC)c1. The van der Waals surface area contributed by atoms with Gasteiger partial charge in [-0.3, -0.25) is 19.3 Å². The van der Waals surface area contributed by atoms with Crippen LogP contribution in [-0.4, -0.2) is 42.7 Å². The Morgan fingerprint density at radius 2 is 1.77 bits per heavy atom. The van der Waals surface area contributed by atoms with Gasteiger partial charge in [-0.25, -0.2) is 0 Å². The molecule has 2 aromatic carbocycles. The fourth-order valence-corrected chi connectivity index (χ4v) is 3.76. The monoisotopic (exact) mass is 426 g/mol. The molecule has 0 unspecified atom stereocenters. The van der Waals surface area contributed by atoms with Gasteiger partial charge >= 0.3 is 0 Å². The number of ether oxygens (including phenoxy) is 2. The number of rotatable bonds is 6. The summed E-state index contributed by atoms with van der Waals surface area (Å²) in [6.07, 6.45) is 1.58. The van der Waals surface area contributed by atoms with Gasteiger partial charge in [0.05, 0.1) is 19.1 Å². The van der Waals surface area contributed by atoms with Crippen molar-refractivity contribution in [1.29, 1.82) is 0 Å². The van der Waals surface area contributed by atoms with Crippen molar-refractivity contribution in [3.63, 3.8) is 0 Å². The van der Waals surface area contributed by atoms with Crippen LogP contribution in [0.4, 0.5) is 10.5 Å². The summed E-state index contributed by atoms with van der Waals surface area (Å²) < 4.78 is 10.5. The lowest BCUT2D eigenvalue weighted by Gasteiger charge is -2.14. The Labute approximate surface area is 179 Å². The quantitative estimate of drug-likeness (QED) is 0.703. The topological polar surface area (TPSA) is 84.9 Å². The Balaban J connectivity index is 1.75. The van der Waals surface area contributed by atoms with Crippen LogP contribution in [0.3, 0.4) is 0 Å². The number of methoxy groups -OCH3 is 2. The van der Waals surface area contributed by atoms with Gasteiger partial charge in [0, 0.05) is 11.8 Å². The first-order chi connectivity index (χ1) is 14.3. The maximum atomic E-state index is 12.7. The van der Waals surface area contributed by atoms with E-state index in [0.717, 1.165) is 27.8 Å². The third-order valence-electron chi connectivity index (χ3n) is 4.73. The van der Waals surface area contributed by atoms with Gasteiger partial charge < -0.3 is 14.8 Å². The summed E-state index contributed by atoms with van der Waals surface area (Å²) >= 11 is 0.794. The number of benzene rings is 2. The van der Waals surface area contributed by atoms with Crippen molar-refractivity contribution in [2.45, 2.75) is 13.8 Å². The molecule has 8 heteroatoms. The highest BCUT2D eigenvalue weighted by molar-refractivity contribution is 8.18. The largest absolute Gasteiger partial charge is 0.497 e. The number of imide groups is 1. The first-order valence-electron chi connectivity index (χ1n) is 9.17. The molecule has 30 heavy (non-hydrogen) atoms. The van der Waals surface area contributed by atoms with Crippen LogP contribution in [0.2, 0.25) is 0 Å². The van der Waals surface area contributed by atoms with Gasteiger partial charge in [-0.2, -0.15) is 0 Å². The lowest BCUT2D eigenvalue weighted by molar-refractivity contribution is -0.127. The number of thioether (sulfide) groups is 1. The predicted molar refractivity (Wildman–Crippen MR) is 117 cm³/mol. The molecule has 0 aliphatic carbocycles. The van der Waals surface area contributed by atoms with Gasteiger partial charge in [0.25, 0.3) is 11.1 Å². The molecule has 1 aliphatic heterocycles. The lowest BCUT2D eigenvalue weighted by atomic mass is 10.1. The number of nitrogens with one attached hydrogen (secondary N) is 1. The molecule has 1 fully saturated rings. The van der Waals surface area contributed by atoms with Gasteiger partial charge in [0.1, 0.15) is 18.0 Å². The molecule has 0 saturated carbocycles. The van der Waals surface area contributed by atoms with Crippen LogP contribution >= 0.6 is 11.8 Å². The van der Waals surface area contributed by atoms with E-state index >= 15 is 0 Å². The number of hydrogen-bond donors (Lipinski definition) is 1. The average molecular weight is 426 g/mol. The molecule has 3 rings (SSSR count). The Morgan fingerprint density at radius 3 is 2.40 bits per heavy atom. The molecular weight excluding hydrogens is 404 g/mol. The van der Waals surface area contributed by atoms with E-state index in [4.69, 9.17) is 9.47 Å². The third-order valence-corrected chi connectivity index (χ3v) is 5.63. The first-order valence-corrected chi connectivity index (χ1v) is 9.98. The number of anilines is 1. The molecule has 0 radical (unpaired) electrons. The Hall–Kier alpha value is -3.26. The second kappa shape index (κ2) is 9.04. The summed E-state index contributed by atoms with van der Waals surface area (Å²) in [5, 5.41) is 2.28. The number of carbonyl (C=O) groups excluding carboxylic acids is 3. The van der Waals surface area contributed by atoms with Crippen molar-refractivity contribution in [2.24, 2.45) is 0 Å². The van der Waals surface area contributed by atoms with Crippen LogP contribution in [0.25, 0.3) is 6.08 Å². The van der Waals surface area contributed by atoms with Gasteiger partial charge in [-0.15, -0.1) is 0 Å². The number of hydrogen-bond acceptors (Lipinski definition) is 6.